The monoisotopic (exact) mass is 241 g/mol. The first-order valence-electron chi connectivity index (χ1n) is 5.05. The molecule has 2 nitrogen and oxygen atoms in total. The number of pyridine rings is 1. The largest absolute Gasteiger partial charge is 0.391 e. The van der Waals surface area contributed by atoms with Crippen molar-refractivity contribution >= 4 is 10.8 Å². The highest BCUT2D eigenvalue weighted by Gasteiger charge is 2.32. The SMILES string of the molecule is OC(CC(F)(F)F)c1cccc2ccncc12. The van der Waals surface area contributed by atoms with Crippen molar-refractivity contribution in [1.29, 1.82) is 0 Å². The Morgan fingerprint density at radius 2 is 2.00 bits per heavy atom. The van der Waals surface area contributed by atoms with Crippen molar-refractivity contribution in [3.05, 3.63) is 42.2 Å². The molecule has 0 fully saturated rings. The van der Waals surface area contributed by atoms with E-state index < -0.39 is 18.7 Å². The molecule has 0 saturated carbocycles. The number of hydrogen-bond donors (Lipinski definition) is 1. The lowest BCUT2D eigenvalue weighted by molar-refractivity contribution is -0.154. The fourth-order valence-electron chi connectivity index (χ4n) is 1.76. The highest BCUT2D eigenvalue weighted by molar-refractivity contribution is 5.85. The summed E-state index contributed by atoms with van der Waals surface area (Å²) in [7, 11) is 0. The molecule has 0 aliphatic rings. The second-order valence-corrected chi connectivity index (χ2v) is 3.78. The van der Waals surface area contributed by atoms with Crippen LogP contribution in [0.2, 0.25) is 0 Å². The molecule has 1 aromatic carbocycles. The molecule has 1 aromatic heterocycles. The standard InChI is InChI=1S/C12H10F3NO/c13-12(14,15)6-11(17)9-3-1-2-8-4-5-16-7-10(8)9/h1-5,7,11,17H,6H2. The number of alkyl halides is 3. The molecule has 1 heterocycles. The first-order valence-corrected chi connectivity index (χ1v) is 5.05. The minimum atomic E-state index is -4.39. The summed E-state index contributed by atoms with van der Waals surface area (Å²) >= 11 is 0. The highest BCUT2D eigenvalue weighted by Crippen LogP contribution is 2.32. The quantitative estimate of drug-likeness (QED) is 0.875. The first kappa shape index (κ1) is 11.9. The molecule has 0 aliphatic carbocycles. The number of benzene rings is 1. The summed E-state index contributed by atoms with van der Waals surface area (Å²) in [5, 5.41) is 10.9. The van der Waals surface area contributed by atoms with Gasteiger partial charge in [0.25, 0.3) is 0 Å². The maximum Gasteiger partial charge on any atom is 0.391 e. The van der Waals surface area contributed by atoms with E-state index in [1.807, 2.05) is 0 Å². The molecule has 2 aromatic rings. The zero-order valence-electron chi connectivity index (χ0n) is 8.78. The molecule has 5 heteroatoms. The Balaban J connectivity index is 2.41. The van der Waals surface area contributed by atoms with E-state index in [-0.39, 0.29) is 5.56 Å². The summed E-state index contributed by atoms with van der Waals surface area (Å²) in [6.07, 6.45) is -4.17. The number of aliphatic hydroxyl groups excluding tert-OH is 1. The number of aliphatic hydroxyl groups is 1. The van der Waals surface area contributed by atoms with Crippen molar-refractivity contribution in [2.24, 2.45) is 0 Å². The Kier molecular flexibility index (Phi) is 3.02. The van der Waals surface area contributed by atoms with Gasteiger partial charge in [0.1, 0.15) is 0 Å². The van der Waals surface area contributed by atoms with Gasteiger partial charge in [-0.1, -0.05) is 18.2 Å². The van der Waals surface area contributed by atoms with E-state index >= 15 is 0 Å². The van der Waals surface area contributed by atoms with Crippen LogP contribution in [-0.4, -0.2) is 16.3 Å². The molecule has 0 spiro atoms. The Labute approximate surface area is 95.7 Å². The lowest BCUT2D eigenvalue weighted by Gasteiger charge is -2.15. The lowest BCUT2D eigenvalue weighted by atomic mass is 10.0. The average molecular weight is 241 g/mol. The average Bonchev–Trinajstić information content (AvgIpc) is 2.26. The number of fused-ring (bicyclic) bond motifs is 1. The van der Waals surface area contributed by atoms with Crippen LogP contribution >= 0.6 is 0 Å². The smallest absolute Gasteiger partial charge is 0.388 e. The minimum Gasteiger partial charge on any atom is -0.388 e. The van der Waals surface area contributed by atoms with E-state index in [1.165, 1.54) is 12.3 Å². The molecule has 1 unspecified atom stereocenters. The number of hydrogen-bond acceptors (Lipinski definition) is 2. The first-order chi connectivity index (χ1) is 7.97. The van der Waals surface area contributed by atoms with Crippen molar-refractivity contribution in [3.63, 3.8) is 0 Å². The Morgan fingerprint density at radius 3 is 2.71 bits per heavy atom. The highest BCUT2D eigenvalue weighted by atomic mass is 19.4. The molecule has 17 heavy (non-hydrogen) atoms. The van der Waals surface area contributed by atoms with Crippen molar-refractivity contribution in [2.75, 3.05) is 0 Å². The third kappa shape index (κ3) is 2.74. The van der Waals surface area contributed by atoms with Crippen LogP contribution in [0.1, 0.15) is 18.1 Å². The zero-order valence-corrected chi connectivity index (χ0v) is 8.78. The van der Waals surface area contributed by atoms with Gasteiger partial charge in [-0.15, -0.1) is 0 Å². The zero-order chi connectivity index (χ0) is 12.5. The summed E-state index contributed by atoms with van der Waals surface area (Å²) in [6, 6.07) is 6.57. The fraction of sp³-hybridized carbons (Fsp3) is 0.250. The van der Waals surface area contributed by atoms with Crippen LogP contribution in [0.15, 0.2) is 36.7 Å². The second kappa shape index (κ2) is 4.33. The van der Waals surface area contributed by atoms with Crippen LogP contribution in [0.25, 0.3) is 10.8 Å². The molecular weight excluding hydrogens is 231 g/mol. The van der Waals surface area contributed by atoms with Gasteiger partial charge in [-0.25, -0.2) is 0 Å². The minimum absolute atomic E-state index is 0.257. The van der Waals surface area contributed by atoms with Gasteiger partial charge in [0.05, 0.1) is 12.5 Å². The summed E-state index contributed by atoms with van der Waals surface area (Å²) in [4.78, 5) is 3.86. The second-order valence-electron chi connectivity index (χ2n) is 3.78. The molecular formula is C12H10F3NO. The van der Waals surface area contributed by atoms with Gasteiger partial charge in [0.2, 0.25) is 0 Å². The number of halogens is 3. The van der Waals surface area contributed by atoms with Gasteiger partial charge in [-0.2, -0.15) is 13.2 Å². The van der Waals surface area contributed by atoms with E-state index in [1.54, 1.807) is 24.4 Å². The molecule has 2 rings (SSSR count). The van der Waals surface area contributed by atoms with Crippen LogP contribution < -0.4 is 0 Å². The molecule has 0 saturated heterocycles. The number of aromatic nitrogens is 1. The van der Waals surface area contributed by atoms with E-state index in [2.05, 4.69) is 4.98 Å². The van der Waals surface area contributed by atoms with E-state index in [0.29, 0.717) is 5.39 Å². The van der Waals surface area contributed by atoms with Crippen LogP contribution in [0.5, 0.6) is 0 Å². The van der Waals surface area contributed by atoms with E-state index in [0.717, 1.165) is 5.39 Å². The van der Waals surface area contributed by atoms with Gasteiger partial charge in [-0.3, -0.25) is 4.98 Å². The molecule has 1 atom stereocenters. The summed E-state index contributed by atoms with van der Waals surface area (Å²) < 4.78 is 36.6. The maximum atomic E-state index is 12.2. The molecule has 0 radical (unpaired) electrons. The van der Waals surface area contributed by atoms with E-state index in [4.69, 9.17) is 0 Å². The summed E-state index contributed by atoms with van der Waals surface area (Å²) in [5.74, 6) is 0. The van der Waals surface area contributed by atoms with Crippen LogP contribution in [0.4, 0.5) is 13.2 Å². The normalized spacial score (nSPS) is 13.9. The maximum absolute atomic E-state index is 12.2. The van der Waals surface area contributed by atoms with Gasteiger partial charge >= 0.3 is 6.18 Å². The van der Waals surface area contributed by atoms with Gasteiger partial charge in [0.15, 0.2) is 0 Å². The van der Waals surface area contributed by atoms with Gasteiger partial charge in [-0.05, 0) is 17.0 Å². The summed E-state index contributed by atoms with van der Waals surface area (Å²) in [6.45, 7) is 0. The molecule has 0 aliphatic heterocycles. The van der Waals surface area contributed by atoms with Crippen molar-refractivity contribution < 1.29 is 18.3 Å². The molecule has 1 N–H and O–H groups in total. The topological polar surface area (TPSA) is 33.1 Å². The van der Waals surface area contributed by atoms with Crippen LogP contribution in [0, 0.1) is 0 Å². The van der Waals surface area contributed by atoms with Crippen molar-refractivity contribution in [1.82, 2.24) is 4.98 Å². The third-order valence-electron chi connectivity index (χ3n) is 2.50. The van der Waals surface area contributed by atoms with Crippen molar-refractivity contribution in [2.45, 2.75) is 18.7 Å². The van der Waals surface area contributed by atoms with Crippen LogP contribution in [-0.2, 0) is 0 Å². The fourth-order valence-corrected chi connectivity index (χ4v) is 1.76. The molecule has 0 amide bonds. The van der Waals surface area contributed by atoms with E-state index in [9.17, 15) is 18.3 Å². The number of nitrogens with zero attached hydrogens (tertiary/aromatic N) is 1. The Morgan fingerprint density at radius 1 is 1.24 bits per heavy atom. The third-order valence-corrected chi connectivity index (χ3v) is 2.50. The molecule has 0 bridgehead atoms. The lowest BCUT2D eigenvalue weighted by Crippen LogP contribution is -2.13. The predicted octanol–water partition coefficient (Wildman–Crippen LogP) is 3.22. The van der Waals surface area contributed by atoms with Gasteiger partial charge in [0, 0.05) is 17.8 Å². The van der Waals surface area contributed by atoms with Crippen LogP contribution in [0.3, 0.4) is 0 Å². The number of rotatable bonds is 2. The molecule has 90 valence electrons. The van der Waals surface area contributed by atoms with Crippen molar-refractivity contribution in [3.8, 4) is 0 Å². The summed E-state index contributed by atoms with van der Waals surface area (Å²) in [5.41, 5.74) is 0.257. The Bertz CT molecular complexity index is 519. The van der Waals surface area contributed by atoms with Gasteiger partial charge < -0.3 is 5.11 Å². The Hall–Kier alpha value is -1.62. The predicted molar refractivity (Wildman–Crippen MR) is 57.4 cm³/mol.